The maximum atomic E-state index is 11.4. The van der Waals surface area contributed by atoms with Crippen LogP contribution >= 0.6 is 27.5 Å². The van der Waals surface area contributed by atoms with Gasteiger partial charge in [-0.1, -0.05) is 24.6 Å². The first-order chi connectivity index (χ1) is 11.0. The van der Waals surface area contributed by atoms with Crippen LogP contribution in [0.1, 0.15) is 18.4 Å². The number of likely N-dealkylation sites (N-methyl/N-ethyl adjacent to an activating group) is 1. The summed E-state index contributed by atoms with van der Waals surface area (Å²) in [5.41, 5.74) is 1.63. The minimum Gasteiger partial charge on any atom is -0.439 e. The molecule has 0 aliphatic carbocycles. The first-order valence-electron chi connectivity index (χ1n) is 7.37. The van der Waals surface area contributed by atoms with Crippen LogP contribution in [-0.4, -0.2) is 40.8 Å². The number of benzene rings is 1. The summed E-state index contributed by atoms with van der Waals surface area (Å²) in [6.45, 7) is 3.99. The number of fused-ring (bicyclic) bond motifs is 1. The molecular formula is C16H17BrClN3O2. The first-order valence-corrected chi connectivity index (χ1v) is 8.54. The summed E-state index contributed by atoms with van der Waals surface area (Å²) < 4.78 is 6.70. The van der Waals surface area contributed by atoms with Gasteiger partial charge in [0, 0.05) is 11.0 Å². The number of oxazole rings is 1. The Morgan fingerprint density at radius 1 is 1.52 bits per heavy atom. The molecule has 0 N–H and O–H groups in total. The number of aromatic nitrogens is 1. The Hall–Kier alpha value is -1.21. The van der Waals surface area contributed by atoms with Crippen molar-refractivity contribution in [3.63, 3.8) is 0 Å². The Kier molecular flexibility index (Phi) is 4.87. The Labute approximate surface area is 148 Å². The minimum absolute atomic E-state index is 0.262. The smallest absolute Gasteiger partial charge is 0.228 e. The van der Waals surface area contributed by atoms with Gasteiger partial charge in [-0.15, -0.1) is 0 Å². The molecule has 1 aromatic heterocycles. The number of carbonyl (C=O) groups excluding carboxylic acids is 1. The Bertz CT molecular complexity index is 711. The van der Waals surface area contributed by atoms with E-state index < -0.39 is 0 Å². The van der Waals surface area contributed by atoms with E-state index in [0.717, 1.165) is 34.3 Å². The molecule has 0 unspecified atom stereocenters. The van der Waals surface area contributed by atoms with Crippen molar-refractivity contribution < 1.29 is 9.21 Å². The molecule has 1 aliphatic heterocycles. The number of nitrogens with zero attached hydrogens (tertiary/aromatic N) is 3. The molecule has 2 heterocycles. The van der Waals surface area contributed by atoms with Gasteiger partial charge in [0.1, 0.15) is 11.9 Å². The molecule has 23 heavy (non-hydrogen) atoms. The standard InChI is InChI=1S/C16H17BrClN3O2/c1-3-20(2)14(9-22)21-7-12-13(8-21)23-16(19-12)10-5-4-6-11(17)15(10)18/h4-6,9,14H,3,7-8H2,1-2H3/t14-/m0/s1. The van der Waals surface area contributed by atoms with Crippen LogP contribution in [0.15, 0.2) is 27.1 Å². The van der Waals surface area contributed by atoms with Gasteiger partial charge in [0.15, 0.2) is 6.29 Å². The third-order valence-electron chi connectivity index (χ3n) is 4.11. The van der Waals surface area contributed by atoms with E-state index in [1.54, 1.807) is 0 Å². The van der Waals surface area contributed by atoms with Crippen LogP contribution in [-0.2, 0) is 17.9 Å². The van der Waals surface area contributed by atoms with Gasteiger partial charge in [-0.05, 0) is 41.7 Å². The fourth-order valence-electron chi connectivity index (χ4n) is 2.69. The Morgan fingerprint density at radius 3 is 2.96 bits per heavy atom. The highest BCUT2D eigenvalue weighted by atomic mass is 79.9. The molecular weight excluding hydrogens is 382 g/mol. The van der Waals surface area contributed by atoms with Crippen LogP contribution in [0.25, 0.3) is 11.5 Å². The quantitative estimate of drug-likeness (QED) is 0.721. The summed E-state index contributed by atoms with van der Waals surface area (Å²) >= 11 is 9.71. The van der Waals surface area contributed by atoms with E-state index in [2.05, 4.69) is 20.9 Å². The molecule has 1 aromatic carbocycles. The third-order valence-corrected chi connectivity index (χ3v) is 5.40. The average molecular weight is 399 g/mol. The molecule has 0 fully saturated rings. The van der Waals surface area contributed by atoms with Crippen LogP contribution in [0.2, 0.25) is 5.02 Å². The fourth-order valence-corrected chi connectivity index (χ4v) is 3.26. The maximum Gasteiger partial charge on any atom is 0.228 e. The second-order valence-corrected chi connectivity index (χ2v) is 6.75. The number of aldehydes is 1. The van der Waals surface area contributed by atoms with Gasteiger partial charge in [-0.25, -0.2) is 4.98 Å². The van der Waals surface area contributed by atoms with Gasteiger partial charge in [0.05, 0.1) is 22.8 Å². The second-order valence-electron chi connectivity index (χ2n) is 5.52. The minimum atomic E-state index is -0.262. The highest BCUT2D eigenvalue weighted by Crippen LogP contribution is 2.36. The third kappa shape index (κ3) is 3.08. The van der Waals surface area contributed by atoms with Crippen molar-refractivity contribution in [2.45, 2.75) is 26.2 Å². The predicted octanol–water partition coefficient (Wildman–Crippen LogP) is 3.55. The summed E-state index contributed by atoms with van der Waals surface area (Å²) in [6.07, 6.45) is 0.698. The second kappa shape index (κ2) is 6.73. The molecule has 0 saturated carbocycles. The molecule has 0 radical (unpaired) electrons. The zero-order valence-electron chi connectivity index (χ0n) is 12.9. The van der Waals surface area contributed by atoms with Crippen molar-refractivity contribution in [1.82, 2.24) is 14.8 Å². The van der Waals surface area contributed by atoms with Gasteiger partial charge in [-0.3, -0.25) is 9.80 Å². The summed E-state index contributed by atoms with van der Waals surface area (Å²) in [5, 5.41) is 0.584. The fraction of sp³-hybridized carbons (Fsp3) is 0.375. The summed E-state index contributed by atoms with van der Waals surface area (Å²) in [7, 11) is 1.93. The summed E-state index contributed by atoms with van der Waals surface area (Å²) in [6, 6.07) is 5.65. The van der Waals surface area contributed by atoms with Gasteiger partial charge < -0.3 is 9.21 Å². The Morgan fingerprint density at radius 2 is 2.30 bits per heavy atom. The van der Waals surface area contributed by atoms with Crippen molar-refractivity contribution in [3.8, 4) is 11.5 Å². The van der Waals surface area contributed by atoms with E-state index in [1.165, 1.54) is 0 Å². The zero-order chi connectivity index (χ0) is 16.6. The molecule has 0 amide bonds. The van der Waals surface area contributed by atoms with E-state index in [4.69, 9.17) is 16.0 Å². The molecule has 7 heteroatoms. The molecule has 1 atom stereocenters. The number of halogens is 2. The SMILES string of the molecule is CCN(C)[C@H](C=O)N1Cc2nc(-c3cccc(Br)c3Cl)oc2C1. The van der Waals surface area contributed by atoms with Crippen LogP contribution in [0.4, 0.5) is 0 Å². The van der Waals surface area contributed by atoms with Crippen LogP contribution in [0, 0.1) is 0 Å². The monoisotopic (exact) mass is 397 g/mol. The number of hydrogen-bond acceptors (Lipinski definition) is 5. The Balaban J connectivity index is 1.83. The van der Waals surface area contributed by atoms with Crippen molar-refractivity contribution in [2.75, 3.05) is 13.6 Å². The average Bonchev–Trinajstić information content (AvgIpc) is 3.09. The van der Waals surface area contributed by atoms with Crippen molar-refractivity contribution >= 4 is 33.8 Å². The molecule has 2 aromatic rings. The largest absolute Gasteiger partial charge is 0.439 e. The van der Waals surface area contributed by atoms with E-state index in [-0.39, 0.29) is 6.17 Å². The van der Waals surface area contributed by atoms with Crippen molar-refractivity contribution in [1.29, 1.82) is 0 Å². The van der Waals surface area contributed by atoms with Gasteiger partial charge in [0.2, 0.25) is 5.89 Å². The molecule has 0 saturated heterocycles. The number of carbonyl (C=O) groups is 1. The summed E-state index contributed by atoms with van der Waals surface area (Å²) in [5.74, 6) is 1.32. The van der Waals surface area contributed by atoms with E-state index >= 15 is 0 Å². The lowest BCUT2D eigenvalue weighted by molar-refractivity contribution is -0.118. The predicted molar refractivity (Wildman–Crippen MR) is 92.1 cm³/mol. The highest BCUT2D eigenvalue weighted by Gasteiger charge is 2.32. The van der Waals surface area contributed by atoms with E-state index in [0.29, 0.717) is 24.0 Å². The van der Waals surface area contributed by atoms with Gasteiger partial charge in [0.25, 0.3) is 0 Å². The van der Waals surface area contributed by atoms with Crippen LogP contribution in [0.5, 0.6) is 0 Å². The summed E-state index contributed by atoms with van der Waals surface area (Å²) in [4.78, 5) is 20.0. The van der Waals surface area contributed by atoms with E-state index in [9.17, 15) is 4.79 Å². The molecule has 1 aliphatic rings. The lowest BCUT2D eigenvalue weighted by Gasteiger charge is -2.29. The van der Waals surface area contributed by atoms with Crippen LogP contribution in [0.3, 0.4) is 0 Å². The number of rotatable bonds is 5. The van der Waals surface area contributed by atoms with Crippen LogP contribution < -0.4 is 0 Å². The van der Waals surface area contributed by atoms with Crippen molar-refractivity contribution in [3.05, 3.63) is 39.1 Å². The van der Waals surface area contributed by atoms with Crippen molar-refractivity contribution in [2.24, 2.45) is 0 Å². The molecule has 3 rings (SSSR count). The van der Waals surface area contributed by atoms with E-state index in [1.807, 2.05) is 42.0 Å². The normalized spacial score (nSPS) is 15.9. The van der Waals surface area contributed by atoms with Gasteiger partial charge in [-0.2, -0.15) is 0 Å². The zero-order valence-corrected chi connectivity index (χ0v) is 15.3. The lowest BCUT2D eigenvalue weighted by atomic mass is 10.2. The highest BCUT2D eigenvalue weighted by molar-refractivity contribution is 9.10. The molecule has 0 spiro atoms. The van der Waals surface area contributed by atoms with Gasteiger partial charge >= 0.3 is 0 Å². The topological polar surface area (TPSA) is 49.6 Å². The lowest BCUT2D eigenvalue weighted by Crippen LogP contribution is -2.45. The molecule has 0 bridgehead atoms. The molecule has 122 valence electrons. The molecule has 5 nitrogen and oxygen atoms in total. The number of hydrogen-bond donors (Lipinski definition) is 0. The first kappa shape index (κ1) is 16.6. The maximum absolute atomic E-state index is 11.4.